The maximum atomic E-state index is 12.7. The summed E-state index contributed by atoms with van der Waals surface area (Å²) in [4.78, 5) is 25.3. The van der Waals surface area contributed by atoms with Gasteiger partial charge in [0.2, 0.25) is 11.8 Å². The second-order valence-electron chi connectivity index (χ2n) is 9.01. The van der Waals surface area contributed by atoms with Crippen LogP contribution in [0.3, 0.4) is 0 Å². The zero-order valence-electron chi connectivity index (χ0n) is 18.3. The number of amides is 2. The Bertz CT molecular complexity index is 891. The summed E-state index contributed by atoms with van der Waals surface area (Å²) >= 11 is 0. The van der Waals surface area contributed by atoms with Crippen molar-refractivity contribution in [2.75, 3.05) is 6.54 Å². The fourth-order valence-corrected chi connectivity index (χ4v) is 4.79. The van der Waals surface area contributed by atoms with Gasteiger partial charge in [-0.05, 0) is 61.6 Å². The van der Waals surface area contributed by atoms with E-state index in [1.54, 1.807) is 0 Å². The van der Waals surface area contributed by atoms with Gasteiger partial charge in [0.15, 0.2) is 0 Å². The molecule has 2 aromatic carbocycles. The lowest BCUT2D eigenvalue weighted by Gasteiger charge is -2.30. The summed E-state index contributed by atoms with van der Waals surface area (Å²) in [6, 6.07) is 18.3. The highest BCUT2D eigenvalue weighted by molar-refractivity contribution is 5.82. The lowest BCUT2D eigenvalue weighted by atomic mass is 9.81. The van der Waals surface area contributed by atoms with Crippen molar-refractivity contribution in [3.05, 3.63) is 71.3 Å². The fourth-order valence-electron chi connectivity index (χ4n) is 4.79. The van der Waals surface area contributed by atoms with E-state index in [2.05, 4.69) is 28.1 Å². The maximum absolute atomic E-state index is 12.7. The van der Waals surface area contributed by atoms with E-state index in [0.717, 1.165) is 44.2 Å². The third kappa shape index (κ3) is 5.53. The van der Waals surface area contributed by atoms with E-state index < -0.39 is 0 Å². The first-order valence-corrected chi connectivity index (χ1v) is 11.5. The summed E-state index contributed by atoms with van der Waals surface area (Å²) in [5.74, 6) is 0.778. The first kappa shape index (κ1) is 21.6. The van der Waals surface area contributed by atoms with Gasteiger partial charge in [0.25, 0.3) is 0 Å². The molecule has 1 unspecified atom stereocenters. The quantitative estimate of drug-likeness (QED) is 0.671. The highest BCUT2D eigenvalue weighted by atomic mass is 16.2. The minimum absolute atomic E-state index is 0.0267. The molecule has 2 amide bonds. The van der Waals surface area contributed by atoms with Crippen molar-refractivity contribution in [3.63, 3.8) is 0 Å². The number of fused-ring (bicyclic) bond motifs is 1. The molecule has 1 aliphatic heterocycles. The Labute approximate surface area is 185 Å². The molecule has 2 aliphatic rings. The lowest BCUT2D eigenvalue weighted by molar-refractivity contribution is -0.127. The largest absolute Gasteiger partial charge is 0.354 e. The van der Waals surface area contributed by atoms with Gasteiger partial charge in [0.1, 0.15) is 0 Å². The Hall–Kier alpha value is -2.66. The fraction of sp³-hybridized carbons (Fsp3) is 0.462. The predicted octanol–water partition coefficient (Wildman–Crippen LogP) is 3.50. The van der Waals surface area contributed by atoms with E-state index in [4.69, 9.17) is 0 Å². The van der Waals surface area contributed by atoms with Crippen LogP contribution in [0.5, 0.6) is 0 Å². The van der Waals surface area contributed by atoms with E-state index in [-0.39, 0.29) is 29.8 Å². The van der Waals surface area contributed by atoms with Crippen LogP contribution >= 0.6 is 0 Å². The first-order valence-electron chi connectivity index (χ1n) is 11.5. The summed E-state index contributed by atoms with van der Waals surface area (Å²) in [6.45, 7) is 3.48. The summed E-state index contributed by atoms with van der Waals surface area (Å²) < 4.78 is 0. The van der Waals surface area contributed by atoms with E-state index >= 15 is 0 Å². The van der Waals surface area contributed by atoms with Gasteiger partial charge in [-0.2, -0.15) is 0 Å². The highest BCUT2D eigenvalue weighted by Crippen LogP contribution is 2.29. The minimum Gasteiger partial charge on any atom is -0.354 e. The molecule has 1 fully saturated rings. The topological polar surface area (TPSA) is 70.2 Å². The molecule has 1 heterocycles. The number of benzene rings is 2. The number of carbonyl (C=O) groups is 2. The molecule has 164 valence electrons. The average Bonchev–Trinajstić information content (AvgIpc) is 2.83. The van der Waals surface area contributed by atoms with E-state index in [9.17, 15) is 9.59 Å². The van der Waals surface area contributed by atoms with Crippen LogP contribution in [0.4, 0.5) is 0 Å². The molecule has 1 aliphatic carbocycles. The monoisotopic (exact) mass is 419 g/mol. The Morgan fingerprint density at radius 2 is 1.61 bits per heavy atom. The maximum Gasteiger partial charge on any atom is 0.237 e. The molecular formula is C26H33N3O2. The first-order chi connectivity index (χ1) is 15.1. The van der Waals surface area contributed by atoms with E-state index in [1.165, 1.54) is 11.1 Å². The Morgan fingerprint density at radius 3 is 2.35 bits per heavy atom. The SMILES string of the molecule is CC(NC(=O)C1CCC(CNC(=O)[C@@H]2Cc3ccccc3CN2)CC1)c1ccccc1. The highest BCUT2D eigenvalue weighted by Gasteiger charge is 2.29. The van der Waals surface area contributed by atoms with E-state index in [0.29, 0.717) is 12.5 Å². The third-order valence-corrected chi connectivity index (χ3v) is 6.84. The van der Waals surface area contributed by atoms with Crippen molar-refractivity contribution >= 4 is 11.8 Å². The molecule has 5 nitrogen and oxygen atoms in total. The van der Waals surface area contributed by atoms with Gasteiger partial charge < -0.3 is 16.0 Å². The van der Waals surface area contributed by atoms with Crippen LogP contribution in [-0.2, 0) is 22.6 Å². The zero-order valence-corrected chi connectivity index (χ0v) is 18.3. The van der Waals surface area contributed by atoms with Gasteiger partial charge in [-0.1, -0.05) is 54.6 Å². The van der Waals surface area contributed by atoms with Crippen molar-refractivity contribution < 1.29 is 9.59 Å². The molecule has 5 heteroatoms. The second kappa shape index (κ2) is 10.1. The van der Waals surface area contributed by atoms with Crippen LogP contribution in [-0.4, -0.2) is 24.4 Å². The normalized spacial score (nSPS) is 24.0. The molecule has 1 saturated carbocycles. The molecule has 31 heavy (non-hydrogen) atoms. The van der Waals surface area contributed by atoms with Crippen LogP contribution in [0.1, 0.15) is 55.3 Å². The zero-order chi connectivity index (χ0) is 21.6. The number of rotatable bonds is 6. The van der Waals surface area contributed by atoms with Crippen molar-refractivity contribution in [1.82, 2.24) is 16.0 Å². The summed E-state index contributed by atoms with van der Waals surface area (Å²) in [5, 5.41) is 9.67. The van der Waals surface area contributed by atoms with Crippen molar-refractivity contribution in [1.29, 1.82) is 0 Å². The van der Waals surface area contributed by atoms with Crippen molar-refractivity contribution in [2.45, 2.75) is 57.7 Å². The summed E-state index contributed by atoms with van der Waals surface area (Å²) in [7, 11) is 0. The van der Waals surface area contributed by atoms with Crippen LogP contribution < -0.4 is 16.0 Å². The second-order valence-corrected chi connectivity index (χ2v) is 9.01. The predicted molar refractivity (Wildman–Crippen MR) is 122 cm³/mol. The van der Waals surface area contributed by atoms with Crippen molar-refractivity contribution in [2.24, 2.45) is 11.8 Å². The molecule has 3 N–H and O–H groups in total. The van der Waals surface area contributed by atoms with Gasteiger partial charge >= 0.3 is 0 Å². The van der Waals surface area contributed by atoms with Crippen LogP contribution in [0, 0.1) is 11.8 Å². The number of carbonyl (C=O) groups excluding carboxylic acids is 2. The Balaban J connectivity index is 1.18. The van der Waals surface area contributed by atoms with Gasteiger partial charge in [-0.3, -0.25) is 9.59 Å². The average molecular weight is 420 g/mol. The molecular weight excluding hydrogens is 386 g/mol. The molecule has 0 saturated heterocycles. The third-order valence-electron chi connectivity index (χ3n) is 6.84. The molecule has 0 bridgehead atoms. The Morgan fingerprint density at radius 1 is 0.935 bits per heavy atom. The number of hydrogen-bond donors (Lipinski definition) is 3. The van der Waals surface area contributed by atoms with Crippen molar-refractivity contribution in [3.8, 4) is 0 Å². The molecule has 2 aromatic rings. The molecule has 0 spiro atoms. The van der Waals surface area contributed by atoms with Gasteiger partial charge in [-0.25, -0.2) is 0 Å². The molecule has 4 rings (SSSR count). The van der Waals surface area contributed by atoms with Crippen LogP contribution in [0.25, 0.3) is 0 Å². The van der Waals surface area contributed by atoms with Gasteiger partial charge in [0.05, 0.1) is 12.1 Å². The molecule has 0 aromatic heterocycles. The van der Waals surface area contributed by atoms with Crippen LogP contribution in [0.2, 0.25) is 0 Å². The smallest absolute Gasteiger partial charge is 0.237 e. The van der Waals surface area contributed by atoms with Gasteiger partial charge in [-0.15, -0.1) is 0 Å². The van der Waals surface area contributed by atoms with E-state index in [1.807, 2.05) is 49.4 Å². The van der Waals surface area contributed by atoms with Gasteiger partial charge in [0, 0.05) is 19.0 Å². The Kier molecular flexibility index (Phi) is 7.03. The molecule has 2 atom stereocenters. The standard InChI is InChI=1S/C26H33N3O2/c1-18(20-7-3-2-4-8-20)29-25(30)21-13-11-19(12-14-21)16-28-26(31)24-15-22-9-5-6-10-23(22)17-27-24/h2-10,18-19,21,24,27H,11-17H2,1H3,(H,28,31)(H,29,30)/t18?,19?,21?,24-/m0/s1. The minimum atomic E-state index is -0.156. The number of hydrogen-bond acceptors (Lipinski definition) is 3. The summed E-state index contributed by atoms with van der Waals surface area (Å²) in [6.07, 6.45) is 4.50. The number of nitrogens with one attached hydrogen (secondary N) is 3. The van der Waals surface area contributed by atoms with Crippen LogP contribution in [0.15, 0.2) is 54.6 Å². The lowest BCUT2D eigenvalue weighted by Crippen LogP contribution is -2.48. The summed E-state index contributed by atoms with van der Waals surface area (Å²) in [5.41, 5.74) is 3.67. The molecule has 0 radical (unpaired) electrons.